The summed E-state index contributed by atoms with van der Waals surface area (Å²) in [6.07, 6.45) is 8.86. The Labute approximate surface area is 182 Å². The normalized spacial score (nSPS) is 11.4. The molecule has 4 aromatic heterocycles. The molecule has 0 radical (unpaired) electrons. The minimum atomic E-state index is -0.494. The summed E-state index contributed by atoms with van der Waals surface area (Å²) in [5.41, 5.74) is 4.11. The summed E-state index contributed by atoms with van der Waals surface area (Å²) in [5, 5.41) is 11.0. The average Bonchev–Trinajstić information content (AvgIpc) is 3.41. The lowest BCUT2D eigenvalue weighted by atomic mass is 10.0. The fourth-order valence-electron chi connectivity index (χ4n) is 3.84. The second-order valence-corrected chi connectivity index (χ2v) is 7.66. The number of halogens is 2. The fraction of sp³-hybridized carbons (Fsp3) is 0.136. The van der Waals surface area contributed by atoms with Crippen LogP contribution in [0.3, 0.4) is 0 Å². The van der Waals surface area contributed by atoms with Crippen molar-refractivity contribution < 1.29 is 4.39 Å². The predicted octanol–water partition coefficient (Wildman–Crippen LogP) is 4.74. The highest BCUT2D eigenvalue weighted by atomic mass is 35.5. The molecule has 0 aliphatic carbocycles. The van der Waals surface area contributed by atoms with Gasteiger partial charge in [-0.2, -0.15) is 5.10 Å². The van der Waals surface area contributed by atoms with Gasteiger partial charge < -0.3 is 14.6 Å². The van der Waals surface area contributed by atoms with Crippen LogP contribution in [0, 0.1) is 5.82 Å². The Morgan fingerprint density at radius 1 is 1.19 bits per heavy atom. The third-order valence-electron chi connectivity index (χ3n) is 5.31. The minimum absolute atomic E-state index is 0.0544. The number of nitrogens with one attached hydrogen (secondary N) is 2. The lowest BCUT2D eigenvalue weighted by Gasteiger charge is -2.22. The number of hydrogen-bond acceptors (Lipinski definition) is 5. The molecular weight excluding hydrogens is 417 g/mol. The monoisotopic (exact) mass is 435 g/mol. The second-order valence-electron chi connectivity index (χ2n) is 7.28. The average molecular weight is 436 g/mol. The smallest absolute Gasteiger partial charge is 0.167 e. The van der Waals surface area contributed by atoms with Gasteiger partial charge in [-0.15, -0.1) is 0 Å². The third-order valence-corrected chi connectivity index (χ3v) is 5.67. The van der Waals surface area contributed by atoms with Gasteiger partial charge in [0.2, 0.25) is 0 Å². The largest absolute Gasteiger partial charge is 0.372 e. The van der Waals surface area contributed by atoms with E-state index in [4.69, 9.17) is 11.6 Å². The van der Waals surface area contributed by atoms with Crippen LogP contribution in [0.25, 0.3) is 27.7 Å². The van der Waals surface area contributed by atoms with Crippen molar-refractivity contribution in [2.24, 2.45) is 0 Å². The summed E-state index contributed by atoms with van der Waals surface area (Å²) in [7, 11) is 3.64. The van der Waals surface area contributed by atoms with Gasteiger partial charge in [0, 0.05) is 55.7 Å². The lowest BCUT2D eigenvalue weighted by molar-refractivity contribution is 0.625. The molecular formula is C22H19ClFN7. The summed E-state index contributed by atoms with van der Waals surface area (Å²) in [5.74, 6) is 0.252. The number of pyridine rings is 2. The highest BCUT2D eigenvalue weighted by Crippen LogP contribution is 2.42. The Balaban J connectivity index is 1.65. The van der Waals surface area contributed by atoms with Crippen LogP contribution < -0.4 is 10.2 Å². The Morgan fingerprint density at radius 3 is 2.77 bits per heavy atom. The fourth-order valence-corrected chi connectivity index (χ4v) is 4.14. The van der Waals surface area contributed by atoms with Gasteiger partial charge in [-0.05, 0) is 29.8 Å². The molecule has 31 heavy (non-hydrogen) atoms. The van der Waals surface area contributed by atoms with Crippen LogP contribution in [0.5, 0.6) is 0 Å². The zero-order valence-electron chi connectivity index (χ0n) is 16.9. The molecule has 5 aromatic rings. The van der Waals surface area contributed by atoms with Crippen LogP contribution in [0.2, 0.25) is 5.02 Å². The summed E-state index contributed by atoms with van der Waals surface area (Å²) in [6, 6.07) is 7.55. The van der Waals surface area contributed by atoms with E-state index in [-0.39, 0.29) is 5.02 Å². The first kappa shape index (κ1) is 19.3. The van der Waals surface area contributed by atoms with Crippen molar-refractivity contribution in [2.45, 2.75) is 6.54 Å². The van der Waals surface area contributed by atoms with E-state index < -0.39 is 5.82 Å². The molecule has 0 aliphatic heterocycles. The van der Waals surface area contributed by atoms with Crippen LogP contribution in [0.1, 0.15) is 5.56 Å². The molecule has 0 aliphatic rings. The first-order valence-corrected chi connectivity index (χ1v) is 10.1. The summed E-state index contributed by atoms with van der Waals surface area (Å²) < 4.78 is 17.5. The Hall–Kier alpha value is -3.65. The van der Waals surface area contributed by atoms with Crippen LogP contribution >= 0.6 is 11.6 Å². The van der Waals surface area contributed by atoms with E-state index in [1.54, 1.807) is 18.6 Å². The van der Waals surface area contributed by atoms with Gasteiger partial charge in [0.25, 0.3) is 0 Å². The minimum Gasteiger partial charge on any atom is -0.372 e. The molecule has 0 saturated heterocycles. The summed E-state index contributed by atoms with van der Waals surface area (Å²) in [6.45, 7) is 0.497. The molecule has 7 nitrogen and oxygen atoms in total. The van der Waals surface area contributed by atoms with E-state index in [9.17, 15) is 0 Å². The Bertz CT molecular complexity index is 1390. The number of anilines is 2. The molecule has 1 aromatic carbocycles. The number of hydrogen-bond donors (Lipinski definition) is 2. The molecule has 0 spiro atoms. The quantitative estimate of drug-likeness (QED) is 0.417. The number of benzene rings is 1. The van der Waals surface area contributed by atoms with E-state index in [0.717, 1.165) is 28.0 Å². The number of rotatable bonds is 5. The highest BCUT2D eigenvalue weighted by Gasteiger charge is 2.24. The summed E-state index contributed by atoms with van der Waals surface area (Å²) in [4.78, 5) is 10.3. The van der Waals surface area contributed by atoms with Gasteiger partial charge in [0.05, 0.1) is 22.9 Å². The van der Waals surface area contributed by atoms with Gasteiger partial charge in [0.1, 0.15) is 17.2 Å². The second kappa shape index (κ2) is 7.55. The number of H-pyrrole nitrogens is 1. The van der Waals surface area contributed by atoms with Crippen molar-refractivity contribution in [2.75, 3.05) is 24.3 Å². The van der Waals surface area contributed by atoms with Gasteiger partial charge in [-0.25, -0.2) is 9.37 Å². The molecule has 0 saturated carbocycles. The molecule has 0 amide bonds. The van der Waals surface area contributed by atoms with Gasteiger partial charge in [-0.1, -0.05) is 11.6 Å². The highest BCUT2D eigenvalue weighted by molar-refractivity contribution is 6.36. The summed E-state index contributed by atoms with van der Waals surface area (Å²) >= 11 is 6.61. The number of fused-ring (bicyclic) bond motifs is 2. The van der Waals surface area contributed by atoms with Gasteiger partial charge in [-0.3, -0.25) is 10.1 Å². The van der Waals surface area contributed by atoms with Crippen molar-refractivity contribution in [1.82, 2.24) is 24.6 Å². The standard InChI is InChI=1S/C22H19ClFN7/c1-25-16-12-31-11-14(3-4-17(31)28-16)18-15-9-27-29-21(15)22(20(24)19(18)23)30(2)10-13-5-7-26-8-6-13/h3-9,11-12,25H,10H2,1-2H3,(H,27,29). The van der Waals surface area contributed by atoms with Gasteiger partial charge in [0.15, 0.2) is 5.82 Å². The maximum absolute atomic E-state index is 15.6. The Morgan fingerprint density at radius 2 is 2.00 bits per heavy atom. The topological polar surface area (TPSA) is 74.1 Å². The number of aromatic amines is 1. The molecule has 0 fully saturated rings. The molecule has 0 unspecified atom stereocenters. The third kappa shape index (κ3) is 3.25. The van der Waals surface area contributed by atoms with E-state index in [2.05, 4.69) is 25.5 Å². The first-order valence-electron chi connectivity index (χ1n) is 9.67. The van der Waals surface area contributed by atoms with E-state index >= 15 is 4.39 Å². The zero-order chi connectivity index (χ0) is 21.5. The zero-order valence-corrected chi connectivity index (χ0v) is 17.7. The van der Waals surface area contributed by atoms with E-state index in [1.165, 1.54) is 0 Å². The van der Waals surface area contributed by atoms with E-state index in [0.29, 0.717) is 23.3 Å². The van der Waals surface area contributed by atoms with Crippen LogP contribution in [-0.2, 0) is 6.54 Å². The predicted molar refractivity (Wildman–Crippen MR) is 121 cm³/mol. The SMILES string of the molecule is CNc1cn2cc(-c3c(Cl)c(F)c(N(C)Cc4ccncc4)c4[nH]ncc34)ccc2n1. The lowest BCUT2D eigenvalue weighted by Crippen LogP contribution is -2.18. The number of aromatic nitrogens is 5. The molecule has 5 rings (SSSR count). The van der Waals surface area contributed by atoms with Crippen molar-refractivity contribution in [1.29, 1.82) is 0 Å². The Kier molecular flexibility index (Phi) is 4.71. The maximum atomic E-state index is 15.6. The van der Waals surface area contributed by atoms with Crippen molar-refractivity contribution >= 4 is 39.7 Å². The van der Waals surface area contributed by atoms with Crippen LogP contribution in [0.15, 0.2) is 55.2 Å². The molecule has 9 heteroatoms. The molecule has 0 bridgehead atoms. The molecule has 2 N–H and O–H groups in total. The molecule has 0 atom stereocenters. The van der Waals surface area contributed by atoms with Crippen molar-refractivity contribution in [3.8, 4) is 11.1 Å². The molecule has 156 valence electrons. The van der Waals surface area contributed by atoms with E-state index in [1.807, 2.05) is 60.1 Å². The first-order chi connectivity index (χ1) is 15.1. The number of nitrogens with zero attached hydrogens (tertiary/aromatic N) is 5. The van der Waals surface area contributed by atoms with Crippen molar-refractivity contribution in [3.63, 3.8) is 0 Å². The van der Waals surface area contributed by atoms with Crippen LogP contribution in [0.4, 0.5) is 15.9 Å². The van der Waals surface area contributed by atoms with Crippen molar-refractivity contribution in [3.05, 3.63) is 71.7 Å². The maximum Gasteiger partial charge on any atom is 0.167 e. The molecule has 4 heterocycles. The van der Waals surface area contributed by atoms with Gasteiger partial charge >= 0.3 is 0 Å². The number of imidazole rings is 1. The van der Waals surface area contributed by atoms with Crippen LogP contribution in [-0.4, -0.2) is 38.7 Å².